The third kappa shape index (κ3) is 2.66. The number of benzene rings is 1. The second-order valence-electron chi connectivity index (χ2n) is 5.13. The Morgan fingerprint density at radius 1 is 1.33 bits per heavy atom. The van der Waals surface area contributed by atoms with E-state index >= 15 is 0 Å². The first-order valence-corrected chi connectivity index (χ1v) is 6.95. The molecule has 1 N–H and O–H groups in total. The number of hydrogen-bond donors (Lipinski definition) is 1. The molecule has 2 nitrogen and oxygen atoms in total. The van der Waals surface area contributed by atoms with Gasteiger partial charge in [-0.3, -0.25) is 0 Å². The highest BCUT2D eigenvalue weighted by Crippen LogP contribution is 2.27. The molecule has 2 rings (SSSR count). The minimum absolute atomic E-state index is 0.122. The molecule has 0 radical (unpaired) electrons. The largest absolute Gasteiger partial charge is 0.368 e. The number of rotatable bonds is 5. The molecule has 100 valence electrons. The summed E-state index contributed by atoms with van der Waals surface area (Å²) in [5, 5.41) is 3.61. The van der Waals surface area contributed by atoms with Gasteiger partial charge in [0.15, 0.2) is 0 Å². The summed E-state index contributed by atoms with van der Waals surface area (Å²) in [7, 11) is 0. The number of halogens is 1. The van der Waals surface area contributed by atoms with Crippen LogP contribution in [0.25, 0.3) is 0 Å². The Kier molecular flexibility index (Phi) is 4.23. The van der Waals surface area contributed by atoms with E-state index in [1.54, 1.807) is 12.1 Å². The molecule has 1 unspecified atom stereocenters. The van der Waals surface area contributed by atoms with Crippen molar-refractivity contribution >= 4 is 5.69 Å². The van der Waals surface area contributed by atoms with Crippen molar-refractivity contribution in [2.45, 2.75) is 38.6 Å². The highest BCUT2D eigenvalue weighted by atomic mass is 19.1. The van der Waals surface area contributed by atoms with E-state index in [0.29, 0.717) is 0 Å². The summed E-state index contributed by atoms with van der Waals surface area (Å²) >= 11 is 0. The van der Waals surface area contributed by atoms with Crippen LogP contribution in [0.15, 0.2) is 24.3 Å². The zero-order valence-electron chi connectivity index (χ0n) is 11.4. The summed E-state index contributed by atoms with van der Waals surface area (Å²) in [5.41, 5.74) is 0.889. The fourth-order valence-corrected chi connectivity index (χ4v) is 2.86. The first-order chi connectivity index (χ1) is 8.71. The van der Waals surface area contributed by atoms with Gasteiger partial charge in [0.25, 0.3) is 0 Å². The molecule has 1 heterocycles. The van der Waals surface area contributed by atoms with Crippen molar-refractivity contribution in [2.24, 2.45) is 0 Å². The normalized spacial score (nSPS) is 23.3. The van der Waals surface area contributed by atoms with Crippen molar-refractivity contribution in [3.63, 3.8) is 0 Å². The molecule has 3 heteroatoms. The zero-order chi connectivity index (χ0) is 13.0. The lowest BCUT2D eigenvalue weighted by molar-refractivity contribution is 0.362. The molecular formula is C15H23FN2. The highest BCUT2D eigenvalue weighted by molar-refractivity contribution is 5.48. The second-order valence-corrected chi connectivity index (χ2v) is 5.13. The lowest BCUT2D eigenvalue weighted by Crippen LogP contribution is -2.49. The molecule has 1 saturated heterocycles. The van der Waals surface area contributed by atoms with E-state index in [4.69, 9.17) is 0 Å². The molecule has 18 heavy (non-hydrogen) atoms. The molecule has 1 fully saturated rings. The van der Waals surface area contributed by atoms with Crippen molar-refractivity contribution in [1.29, 1.82) is 0 Å². The number of hydrogen-bond acceptors (Lipinski definition) is 2. The Hall–Kier alpha value is -1.09. The van der Waals surface area contributed by atoms with E-state index in [2.05, 4.69) is 24.1 Å². The SMILES string of the molecule is CCN(CC1(CC)CCCN1)c1ccccc1F. The number of nitrogens with zero attached hydrogens (tertiary/aromatic N) is 1. The van der Waals surface area contributed by atoms with Crippen LogP contribution in [-0.4, -0.2) is 25.2 Å². The molecule has 0 aromatic heterocycles. The average Bonchev–Trinajstić information content (AvgIpc) is 2.86. The van der Waals surface area contributed by atoms with E-state index in [0.717, 1.165) is 31.7 Å². The molecule has 1 aliphatic heterocycles. The van der Waals surface area contributed by atoms with E-state index in [9.17, 15) is 4.39 Å². The molecule has 1 atom stereocenters. The second kappa shape index (κ2) is 5.70. The van der Waals surface area contributed by atoms with Crippen LogP contribution in [0.3, 0.4) is 0 Å². The number of anilines is 1. The predicted octanol–water partition coefficient (Wildman–Crippen LogP) is 3.18. The van der Waals surface area contributed by atoms with Crippen LogP contribution in [0.4, 0.5) is 10.1 Å². The van der Waals surface area contributed by atoms with Crippen LogP contribution in [0.1, 0.15) is 33.1 Å². The summed E-state index contributed by atoms with van der Waals surface area (Å²) in [4.78, 5) is 2.15. The van der Waals surface area contributed by atoms with Crippen LogP contribution < -0.4 is 10.2 Å². The van der Waals surface area contributed by atoms with Gasteiger partial charge in [0.2, 0.25) is 0 Å². The van der Waals surface area contributed by atoms with Gasteiger partial charge >= 0.3 is 0 Å². The molecule has 1 aromatic rings. The summed E-state index contributed by atoms with van der Waals surface area (Å²) in [6, 6.07) is 7.06. The Morgan fingerprint density at radius 2 is 2.11 bits per heavy atom. The maximum Gasteiger partial charge on any atom is 0.146 e. The van der Waals surface area contributed by atoms with E-state index in [1.165, 1.54) is 12.8 Å². The third-order valence-corrected chi connectivity index (χ3v) is 4.08. The van der Waals surface area contributed by atoms with Crippen molar-refractivity contribution < 1.29 is 4.39 Å². The minimum atomic E-state index is -0.122. The average molecular weight is 250 g/mol. The first-order valence-electron chi connectivity index (χ1n) is 6.95. The lowest BCUT2D eigenvalue weighted by Gasteiger charge is -2.36. The summed E-state index contributed by atoms with van der Waals surface area (Å²) in [6.07, 6.45) is 3.51. The van der Waals surface area contributed by atoms with Gasteiger partial charge in [-0.15, -0.1) is 0 Å². The van der Waals surface area contributed by atoms with E-state index in [1.807, 2.05) is 12.1 Å². The van der Waals surface area contributed by atoms with Gasteiger partial charge in [-0.1, -0.05) is 19.1 Å². The smallest absolute Gasteiger partial charge is 0.146 e. The van der Waals surface area contributed by atoms with E-state index < -0.39 is 0 Å². The standard InChI is InChI=1S/C15H23FN2/c1-3-15(10-7-11-17-15)12-18(4-2)14-9-6-5-8-13(14)16/h5-6,8-9,17H,3-4,7,10-12H2,1-2H3. The molecule has 1 aliphatic rings. The quantitative estimate of drug-likeness (QED) is 0.863. The van der Waals surface area contributed by atoms with Gasteiger partial charge in [0, 0.05) is 18.6 Å². The Morgan fingerprint density at radius 3 is 2.67 bits per heavy atom. The topological polar surface area (TPSA) is 15.3 Å². The summed E-state index contributed by atoms with van der Waals surface area (Å²) in [6.45, 7) is 7.12. The zero-order valence-corrected chi connectivity index (χ0v) is 11.4. The minimum Gasteiger partial charge on any atom is -0.368 e. The molecule has 0 saturated carbocycles. The van der Waals surface area contributed by atoms with Gasteiger partial charge in [-0.25, -0.2) is 4.39 Å². The maximum absolute atomic E-state index is 13.9. The number of likely N-dealkylation sites (N-methyl/N-ethyl adjacent to an activating group) is 1. The van der Waals surface area contributed by atoms with Crippen molar-refractivity contribution in [1.82, 2.24) is 5.32 Å². The molecule has 0 bridgehead atoms. The molecule has 0 amide bonds. The fraction of sp³-hybridized carbons (Fsp3) is 0.600. The highest BCUT2D eigenvalue weighted by Gasteiger charge is 2.33. The maximum atomic E-state index is 13.9. The van der Waals surface area contributed by atoms with Gasteiger partial charge in [-0.05, 0) is 44.9 Å². The van der Waals surface area contributed by atoms with Crippen molar-refractivity contribution in [2.75, 3.05) is 24.5 Å². The fourth-order valence-electron chi connectivity index (χ4n) is 2.86. The predicted molar refractivity (Wildman–Crippen MR) is 74.5 cm³/mol. The monoisotopic (exact) mass is 250 g/mol. The molecule has 0 aliphatic carbocycles. The lowest BCUT2D eigenvalue weighted by atomic mass is 9.93. The number of para-hydroxylation sites is 1. The van der Waals surface area contributed by atoms with Crippen molar-refractivity contribution in [3.8, 4) is 0 Å². The van der Waals surface area contributed by atoms with Crippen LogP contribution >= 0.6 is 0 Å². The van der Waals surface area contributed by atoms with Crippen LogP contribution in [0, 0.1) is 5.82 Å². The summed E-state index contributed by atoms with van der Waals surface area (Å²) < 4.78 is 13.9. The van der Waals surface area contributed by atoms with Gasteiger partial charge < -0.3 is 10.2 Å². The van der Waals surface area contributed by atoms with Gasteiger partial charge in [-0.2, -0.15) is 0 Å². The van der Waals surface area contributed by atoms with E-state index in [-0.39, 0.29) is 11.4 Å². The first kappa shape index (κ1) is 13.3. The van der Waals surface area contributed by atoms with Crippen LogP contribution in [0.2, 0.25) is 0 Å². The van der Waals surface area contributed by atoms with Crippen LogP contribution in [-0.2, 0) is 0 Å². The third-order valence-electron chi connectivity index (χ3n) is 4.08. The molecular weight excluding hydrogens is 227 g/mol. The van der Waals surface area contributed by atoms with Gasteiger partial charge in [0.05, 0.1) is 5.69 Å². The van der Waals surface area contributed by atoms with Crippen LogP contribution in [0.5, 0.6) is 0 Å². The Balaban J connectivity index is 2.17. The molecule has 1 aromatic carbocycles. The Labute approximate surface area is 109 Å². The van der Waals surface area contributed by atoms with Crippen molar-refractivity contribution in [3.05, 3.63) is 30.1 Å². The molecule has 0 spiro atoms. The van der Waals surface area contributed by atoms with Gasteiger partial charge in [0.1, 0.15) is 5.82 Å². The summed E-state index contributed by atoms with van der Waals surface area (Å²) in [5.74, 6) is -0.122. The Bertz CT molecular complexity index is 386. The number of nitrogens with one attached hydrogen (secondary N) is 1.